The van der Waals surface area contributed by atoms with Crippen molar-refractivity contribution in [1.82, 2.24) is 4.90 Å². The van der Waals surface area contributed by atoms with Crippen LogP contribution in [0.3, 0.4) is 0 Å². The van der Waals surface area contributed by atoms with E-state index in [1.165, 1.54) is 4.90 Å². The van der Waals surface area contributed by atoms with Crippen LogP contribution in [-0.4, -0.2) is 52.9 Å². The number of hydrogen-bond donors (Lipinski definition) is 2. The molecule has 1 fully saturated rings. The molecule has 1 saturated heterocycles. The molecule has 0 bridgehead atoms. The van der Waals surface area contributed by atoms with Gasteiger partial charge in [-0.25, -0.2) is 0 Å². The highest BCUT2D eigenvalue weighted by molar-refractivity contribution is 9.10. The van der Waals surface area contributed by atoms with E-state index in [9.17, 15) is 15.0 Å². The molecular formula is C12H14BrNO4. The number of aliphatic hydroxyl groups excluding tert-OH is 2. The van der Waals surface area contributed by atoms with Crippen molar-refractivity contribution in [1.29, 1.82) is 0 Å². The second-order valence-electron chi connectivity index (χ2n) is 4.18. The summed E-state index contributed by atoms with van der Waals surface area (Å²) in [5.41, 5.74) is 0. The van der Waals surface area contributed by atoms with Crippen molar-refractivity contribution in [3.8, 4) is 5.75 Å². The molecular weight excluding hydrogens is 302 g/mol. The van der Waals surface area contributed by atoms with Gasteiger partial charge in [0.25, 0.3) is 5.91 Å². The maximum absolute atomic E-state index is 11.7. The van der Waals surface area contributed by atoms with Crippen molar-refractivity contribution in [3.63, 3.8) is 0 Å². The lowest BCUT2D eigenvalue weighted by Crippen LogP contribution is -2.33. The Hall–Kier alpha value is -1.11. The molecule has 2 atom stereocenters. The number of nitrogens with zero attached hydrogens (tertiary/aromatic N) is 1. The Labute approximate surface area is 113 Å². The van der Waals surface area contributed by atoms with Crippen molar-refractivity contribution < 1.29 is 19.7 Å². The molecule has 2 N–H and O–H groups in total. The van der Waals surface area contributed by atoms with Crippen LogP contribution < -0.4 is 4.74 Å². The van der Waals surface area contributed by atoms with Gasteiger partial charge in [0.05, 0.1) is 12.2 Å². The van der Waals surface area contributed by atoms with Crippen LogP contribution in [0.5, 0.6) is 5.75 Å². The number of carbonyl (C=O) groups is 1. The molecule has 6 heteroatoms. The summed E-state index contributed by atoms with van der Waals surface area (Å²) in [5, 5.41) is 18.7. The van der Waals surface area contributed by atoms with E-state index in [0.29, 0.717) is 5.75 Å². The van der Waals surface area contributed by atoms with Crippen molar-refractivity contribution in [2.75, 3.05) is 19.7 Å². The first kappa shape index (κ1) is 13.3. The highest BCUT2D eigenvalue weighted by atomic mass is 79.9. The van der Waals surface area contributed by atoms with E-state index in [1.54, 1.807) is 12.1 Å². The van der Waals surface area contributed by atoms with Crippen LogP contribution in [0.4, 0.5) is 0 Å². The number of β-amino-alcohol motifs (C(OH)–C–C–N with tert-alkyl or cyclic N) is 2. The van der Waals surface area contributed by atoms with Crippen molar-refractivity contribution >= 4 is 21.8 Å². The van der Waals surface area contributed by atoms with Gasteiger partial charge in [0.1, 0.15) is 5.75 Å². The van der Waals surface area contributed by atoms with Gasteiger partial charge < -0.3 is 19.8 Å². The molecule has 18 heavy (non-hydrogen) atoms. The van der Waals surface area contributed by atoms with E-state index in [1.807, 2.05) is 12.1 Å². The molecule has 1 aliphatic heterocycles. The molecule has 0 saturated carbocycles. The second-order valence-corrected chi connectivity index (χ2v) is 5.09. The minimum Gasteiger partial charge on any atom is -0.484 e. The minimum atomic E-state index is -0.860. The number of amides is 1. The first-order valence-electron chi connectivity index (χ1n) is 5.58. The summed E-state index contributed by atoms with van der Waals surface area (Å²) < 4.78 is 6.27. The first-order valence-corrected chi connectivity index (χ1v) is 6.38. The van der Waals surface area contributed by atoms with Gasteiger partial charge in [0.2, 0.25) is 0 Å². The van der Waals surface area contributed by atoms with Crippen LogP contribution in [0, 0.1) is 0 Å². The zero-order chi connectivity index (χ0) is 13.1. The molecule has 2 rings (SSSR count). The lowest BCUT2D eigenvalue weighted by Gasteiger charge is -2.15. The predicted molar refractivity (Wildman–Crippen MR) is 68.2 cm³/mol. The minimum absolute atomic E-state index is 0.0962. The van der Waals surface area contributed by atoms with Crippen LogP contribution in [0.2, 0.25) is 0 Å². The number of hydrogen-bond acceptors (Lipinski definition) is 4. The summed E-state index contributed by atoms with van der Waals surface area (Å²) in [6.07, 6.45) is -1.72. The summed E-state index contributed by atoms with van der Waals surface area (Å²) in [7, 11) is 0. The fourth-order valence-corrected chi connectivity index (χ4v) is 2.00. The molecule has 1 amide bonds. The highest BCUT2D eigenvalue weighted by Crippen LogP contribution is 2.16. The molecule has 1 aliphatic rings. The van der Waals surface area contributed by atoms with Gasteiger partial charge in [-0.2, -0.15) is 0 Å². The van der Waals surface area contributed by atoms with Gasteiger partial charge >= 0.3 is 0 Å². The van der Waals surface area contributed by atoms with Gasteiger partial charge in [0.15, 0.2) is 6.61 Å². The largest absolute Gasteiger partial charge is 0.484 e. The quantitative estimate of drug-likeness (QED) is 0.846. The SMILES string of the molecule is O=C(COc1ccc(Br)cc1)N1CC(O)C(O)C1. The van der Waals surface area contributed by atoms with Gasteiger partial charge in [-0.3, -0.25) is 4.79 Å². The van der Waals surface area contributed by atoms with E-state index in [-0.39, 0.29) is 25.6 Å². The Balaban J connectivity index is 1.83. The number of carbonyl (C=O) groups excluding carboxylic acids is 1. The number of rotatable bonds is 3. The van der Waals surface area contributed by atoms with Crippen LogP contribution >= 0.6 is 15.9 Å². The lowest BCUT2D eigenvalue weighted by molar-refractivity contribution is -0.132. The summed E-state index contributed by atoms with van der Waals surface area (Å²) in [4.78, 5) is 13.1. The Morgan fingerprint density at radius 3 is 2.39 bits per heavy atom. The van der Waals surface area contributed by atoms with Crippen LogP contribution in [0.1, 0.15) is 0 Å². The molecule has 1 aromatic carbocycles. The second kappa shape index (κ2) is 5.69. The summed E-state index contributed by atoms with van der Waals surface area (Å²) >= 11 is 3.31. The van der Waals surface area contributed by atoms with E-state index in [2.05, 4.69) is 15.9 Å². The number of likely N-dealkylation sites (tertiary alicyclic amines) is 1. The molecule has 98 valence electrons. The number of ether oxygens (including phenoxy) is 1. The highest BCUT2D eigenvalue weighted by Gasteiger charge is 2.32. The average Bonchev–Trinajstić information content (AvgIpc) is 2.69. The molecule has 0 radical (unpaired) electrons. The predicted octanol–water partition coefficient (Wildman–Crippen LogP) is 0.392. The number of aliphatic hydroxyl groups is 2. The van der Waals surface area contributed by atoms with E-state index in [4.69, 9.17) is 4.74 Å². The summed E-state index contributed by atoms with van der Waals surface area (Å²) in [6, 6.07) is 7.16. The smallest absolute Gasteiger partial charge is 0.260 e. The Morgan fingerprint density at radius 2 is 1.83 bits per heavy atom. The summed E-state index contributed by atoms with van der Waals surface area (Å²) in [6.45, 7) is 0.217. The lowest BCUT2D eigenvalue weighted by atomic mass is 10.3. The molecule has 5 nitrogen and oxygen atoms in total. The molecule has 0 aromatic heterocycles. The maximum atomic E-state index is 11.7. The van der Waals surface area contributed by atoms with Crippen LogP contribution in [-0.2, 0) is 4.79 Å². The standard InChI is InChI=1S/C12H14BrNO4/c13-8-1-3-9(4-2-8)18-7-12(17)14-5-10(15)11(16)6-14/h1-4,10-11,15-16H,5-7H2. The van der Waals surface area contributed by atoms with Gasteiger partial charge in [-0.1, -0.05) is 15.9 Å². The monoisotopic (exact) mass is 315 g/mol. The molecule has 0 spiro atoms. The maximum Gasteiger partial charge on any atom is 0.260 e. The molecule has 2 unspecified atom stereocenters. The third-order valence-corrected chi connectivity index (χ3v) is 3.32. The third kappa shape index (κ3) is 3.22. The first-order chi connectivity index (χ1) is 8.56. The summed E-state index contributed by atoms with van der Waals surface area (Å²) in [5.74, 6) is 0.361. The fraction of sp³-hybridized carbons (Fsp3) is 0.417. The molecule has 1 heterocycles. The van der Waals surface area contributed by atoms with Gasteiger partial charge in [0, 0.05) is 17.6 Å². The average molecular weight is 316 g/mol. The van der Waals surface area contributed by atoms with Crippen LogP contribution in [0.15, 0.2) is 28.7 Å². The Kier molecular flexibility index (Phi) is 4.21. The van der Waals surface area contributed by atoms with E-state index >= 15 is 0 Å². The number of halogens is 1. The van der Waals surface area contributed by atoms with Crippen LogP contribution in [0.25, 0.3) is 0 Å². The number of benzene rings is 1. The topological polar surface area (TPSA) is 70.0 Å². The molecule has 1 aromatic rings. The fourth-order valence-electron chi connectivity index (χ4n) is 1.74. The molecule has 0 aliphatic carbocycles. The van der Waals surface area contributed by atoms with E-state index < -0.39 is 12.2 Å². The van der Waals surface area contributed by atoms with Crippen molar-refractivity contribution in [2.24, 2.45) is 0 Å². The van der Waals surface area contributed by atoms with Gasteiger partial charge in [-0.15, -0.1) is 0 Å². The zero-order valence-electron chi connectivity index (χ0n) is 9.62. The van der Waals surface area contributed by atoms with E-state index in [0.717, 1.165) is 4.47 Å². The Morgan fingerprint density at radius 1 is 1.28 bits per heavy atom. The van der Waals surface area contributed by atoms with Crippen molar-refractivity contribution in [3.05, 3.63) is 28.7 Å². The normalized spacial score (nSPS) is 23.2. The van der Waals surface area contributed by atoms with Gasteiger partial charge in [-0.05, 0) is 24.3 Å². The third-order valence-electron chi connectivity index (χ3n) is 2.79. The Bertz CT molecular complexity index is 413. The zero-order valence-corrected chi connectivity index (χ0v) is 11.2. The van der Waals surface area contributed by atoms with Crippen molar-refractivity contribution in [2.45, 2.75) is 12.2 Å².